The molecule has 3 heterocycles. The zero-order chi connectivity index (χ0) is 24.2. The van der Waals surface area contributed by atoms with Gasteiger partial charge in [0.05, 0.1) is 16.2 Å². The number of carbonyl (C=O) groups is 1. The van der Waals surface area contributed by atoms with Gasteiger partial charge in [0, 0.05) is 23.5 Å². The molecule has 2 saturated heterocycles. The van der Waals surface area contributed by atoms with Crippen LogP contribution in [-0.4, -0.2) is 40.1 Å². The van der Waals surface area contributed by atoms with Gasteiger partial charge in [0.2, 0.25) is 0 Å². The van der Waals surface area contributed by atoms with E-state index in [1.54, 1.807) is 30.3 Å². The molecule has 2 fully saturated rings. The van der Waals surface area contributed by atoms with Gasteiger partial charge in [-0.3, -0.25) is 4.79 Å². The van der Waals surface area contributed by atoms with Gasteiger partial charge < -0.3 is 15.2 Å². The van der Waals surface area contributed by atoms with E-state index in [-0.39, 0.29) is 22.3 Å². The smallest absolute Gasteiger partial charge is 0.252 e. The Labute approximate surface area is 208 Å². The van der Waals surface area contributed by atoms with Gasteiger partial charge in [-0.25, -0.2) is 8.42 Å². The van der Waals surface area contributed by atoms with E-state index in [0.717, 1.165) is 22.0 Å². The molecule has 0 aliphatic carbocycles. The van der Waals surface area contributed by atoms with Crippen molar-refractivity contribution >= 4 is 44.0 Å². The molecule has 3 aromatic carbocycles. The summed E-state index contributed by atoms with van der Waals surface area (Å²) in [5.41, 5.74) is 1.62. The van der Waals surface area contributed by atoms with Crippen LogP contribution in [0.1, 0.15) is 23.6 Å². The number of para-hydroxylation sites is 1. The standard InChI is InChI=1S/C27H23N3O3S2/c31-25-27(15-19-17-28-22-14-8-7-13-21(19)22)16-23(35(32,33)20-11-5-2-6-12-20)24(30(27)26(34)29-25)18-9-3-1-4-10-18/h1-14,17,23-24,28H,15-16H2,(H,29,31,34)/t23?,24-,27+/m0/s1. The summed E-state index contributed by atoms with van der Waals surface area (Å²) in [5, 5.41) is 3.28. The van der Waals surface area contributed by atoms with Crippen LogP contribution in [0.15, 0.2) is 96.0 Å². The predicted molar refractivity (Wildman–Crippen MR) is 139 cm³/mol. The largest absolute Gasteiger partial charge is 0.361 e. The first-order valence-corrected chi connectivity index (χ1v) is 13.4. The molecule has 6 rings (SSSR count). The molecule has 0 bridgehead atoms. The highest BCUT2D eigenvalue weighted by Gasteiger charge is 2.64. The predicted octanol–water partition coefficient (Wildman–Crippen LogP) is 4.15. The van der Waals surface area contributed by atoms with E-state index in [1.165, 1.54) is 0 Å². The Kier molecular flexibility index (Phi) is 5.05. The highest BCUT2D eigenvalue weighted by Crippen LogP contribution is 2.51. The van der Waals surface area contributed by atoms with Crippen LogP contribution in [0.3, 0.4) is 0 Å². The second-order valence-corrected chi connectivity index (χ2v) is 11.7. The zero-order valence-electron chi connectivity index (χ0n) is 18.7. The van der Waals surface area contributed by atoms with E-state index in [2.05, 4.69) is 10.3 Å². The summed E-state index contributed by atoms with van der Waals surface area (Å²) in [4.78, 5) is 19.0. The Balaban J connectivity index is 1.53. The molecule has 2 aliphatic heterocycles. The number of amides is 1. The molecule has 0 saturated carbocycles. The Morgan fingerprint density at radius 2 is 1.60 bits per heavy atom. The van der Waals surface area contributed by atoms with Crippen LogP contribution in [0, 0.1) is 0 Å². The van der Waals surface area contributed by atoms with Crippen molar-refractivity contribution in [2.45, 2.75) is 34.6 Å². The Morgan fingerprint density at radius 1 is 0.943 bits per heavy atom. The SMILES string of the molecule is O=C1NC(=S)N2[C@@H](c3ccccc3)C(S(=O)(=O)c3ccccc3)C[C@]12Cc1c[nH]c2ccccc12. The van der Waals surface area contributed by atoms with Gasteiger partial charge in [0.15, 0.2) is 14.9 Å². The number of hydrogen-bond donors (Lipinski definition) is 2. The molecular formula is C27H23N3O3S2. The van der Waals surface area contributed by atoms with Crippen LogP contribution in [-0.2, 0) is 21.1 Å². The number of nitrogens with one attached hydrogen (secondary N) is 2. The number of benzene rings is 3. The van der Waals surface area contributed by atoms with Gasteiger partial charge in [-0.05, 0) is 48.0 Å². The van der Waals surface area contributed by atoms with Gasteiger partial charge in [-0.1, -0.05) is 66.7 Å². The number of sulfone groups is 1. The summed E-state index contributed by atoms with van der Waals surface area (Å²) in [7, 11) is -3.77. The number of hydrogen-bond acceptors (Lipinski definition) is 4. The third-order valence-electron chi connectivity index (χ3n) is 7.26. The first-order chi connectivity index (χ1) is 16.9. The van der Waals surface area contributed by atoms with Gasteiger partial charge in [-0.2, -0.15) is 0 Å². The summed E-state index contributed by atoms with van der Waals surface area (Å²) in [5.74, 6) is -0.250. The third kappa shape index (κ3) is 3.31. The number of rotatable bonds is 5. The normalized spacial score (nSPS) is 24.1. The zero-order valence-corrected chi connectivity index (χ0v) is 20.4. The van der Waals surface area contributed by atoms with Crippen LogP contribution in [0.25, 0.3) is 10.9 Å². The lowest BCUT2D eigenvalue weighted by atomic mass is 9.88. The van der Waals surface area contributed by atoms with Gasteiger partial charge in [-0.15, -0.1) is 0 Å². The van der Waals surface area contributed by atoms with Crippen LogP contribution in [0.5, 0.6) is 0 Å². The monoisotopic (exact) mass is 501 g/mol. The number of thiocarbonyl (C=S) groups is 1. The van der Waals surface area contributed by atoms with Crippen molar-refractivity contribution in [3.63, 3.8) is 0 Å². The van der Waals surface area contributed by atoms with E-state index in [1.807, 2.05) is 65.7 Å². The Bertz CT molecular complexity index is 1550. The first kappa shape index (κ1) is 22.0. The number of nitrogens with zero attached hydrogens (tertiary/aromatic N) is 1. The van der Waals surface area contributed by atoms with Crippen molar-refractivity contribution in [2.24, 2.45) is 0 Å². The molecule has 2 N–H and O–H groups in total. The first-order valence-electron chi connectivity index (χ1n) is 11.5. The third-order valence-corrected chi connectivity index (χ3v) is 9.71. The fourth-order valence-electron chi connectivity index (χ4n) is 5.68. The summed E-state index contributed by atoms with van der Waals surface area (Å²) >= 11 is 5.66. The van der Waals surface area contributed by atoms with Crippen molar-refractivity contribution in [3.05, 3.63) is 102 Å². The van der Waals surface area contributed by atoms with Crippen molar-refractivity contribution in [2.75, 3.05) is 0 Å². The Morgan fingerprint density at radius 3 is 2.34 bits per heavy atom. The summed E-state index contributed by atoms with van der Waals surface area (Å²) < 4.78 is 28.0. The van der Waals surface area contributed by atoms with E-state index >= 15 is 0 Å². The maximum absolute atomic E-state index is 14.0. The minimum atomic E-state index is -3.77. The molecule has 0 spiro atoms. The topological polar surface area (TPSA) is 82.3 Å². The maximum atomic E-state index is 14.0. The van der Waals surface area contributed by atoms with E-state index in [0.29, 0.717) is 6.42 Å². The fraction of sp³-hybridized carbons (Fsp3) is 0.185. The molecule has 176 valence electrons. The van der Waals surface area contributed by atoms with Crippen molar-refractivity contribution in [1.29, 1.82) is 0 Å². The fourth-order valence-corrected chi connectivity index (χ4v) is 8.06. The minimum Gasteiger partial charge on any atom is -0.361 e. The van der Waals surface area contributed by atoms with Crippen LogP contribution in [0.4, 0.5) is 0 Å². The van der Waals surface area contributed by atoms with Crippen LogP contribution < -0.4 is 5.32 Å². The minimum absolute atomic E-state index is 0.134. The van der Waals surface area contributed by atoms with E-state index in [4.69, 9.17) is 12.2 Å². The molecule has 3 atom stereocenters. The average molecular weight is 502 g/mol. The number of H-pyrrole nitrogens is 1. The second-order valence-electron chi connectivity index (χ2n) is 9.15. The summed E-state index contributed by atoms with van der Waals surface area (Å²) in [6.45, 7) is 0. The molecule has 0 radical (unpaired) electrons. The number of aromatic amines is 1. The molecule has 8 heteroatoms. The highest BCUT2D eigenvalue weighted by molar-refractivity contribution is 7.92. The molecule has 1 amide bonds. The van der Waals surface area contributed by atoms with Crippen LogP contribution >= 0.6 is 12.2 Å². The van der Waals surface area contributed by atoms with Crippen LogP contribution in [0.2, 0.25) is 0 Å². The molecular weight excluding hydrogens is 478 g/mol. The lowest BCUT2D eigenvalue weighted by Crippen LogP contribution is -2.47. The van der Waals surface area contributed by atoms with E-state index in [9.17, 15) is 13.2 Å². The van der Waals surface area contributed by atoms with E-state index < -0.39 is 26.7 Å². The van der Waals surface area contributed by atoms with Crippen molar-refractivity contribution in [1.82, 2.24) is 15.2 Å². The molecule has 4 aromatic rings. The summed E-state index contributed by atoms with van der Waals surface area (Å²) in [6.07, 6.45) is 2.38. The molecule has 6 nitrogen and oxygen atoms in total. The summed E-state index contributed by atoms with van der Waals surface area (Å²) in [6, 6.07) is 25.3. The number of aromatic nitrogens is 1. The highest BCUT2D eigenvalue weighted by atomic mass is 32.2. The van der Waals surface area contributed by atoms with Crippen molar-refractivity contribution in [3.8, 4) is 0 Å². The molecule has 1 unspecified atom stereocenters. The van der Waals surface area contributed by atoms with Gasteiger partial charge in [0.1, 0.15) is 5.54 Å². The number of fused-ring (bicyclic) bond motifs is 2. The van der Waals surface area contributed by atoms with Crippen molar-refractivity contribution < 1.29 is 13.2 Å². The number of carbonyl (C=O) groups excluding carboxylic acids is 1. The maximum Gasteiger partial charge on any atom is 0.252 e. The molecule has 1 aromatic heterocycles. The molecule has 2 aliphatic rings. The van der Waals surface area contributed by atoms with Gasteiger partial charge >= 0.3 is 0 Å². The quantitative estimate of drug-likeness (QED) is 0.402. The lowest BCUT2D eigenvalue weighted by molar-refractivity contribution is -0.126. The Hall–Kier alpha value is -3.49. The molecule has 35 heavy (non-hydrogen) atoms. The second kappa shape index (κ2) is 8.03. The average Bonchev–Trinajstić information content (AvgIpc) is 3.52. The lowest BCUT2D eigenvalue weighted by Gasteiger charge is -2.33. The van der Waals surface area contributed by atoms with Gasteiger partial charge in [0.25, 0.3) is 5.91 Å².